The van der Waals surface area contributed by atoms with Gasteiger partial charge < -0.3 is 14.5 Å². The minimum atomic E-state index is -0.945. The Morgan fingerprint density at radius 3 is 2.77 bits per heavy atom. The summed E-state index contributed by atoms with van der Waals surface area (Å²) in [5, 5.41) is 3.92. The van der Waals surface area contributed by atoms with Crippen LogP contribution in [0, 0.1) is 6.92 Å². The molecular weight excluding hydrogens is 354 g/mol. The molecule has 3 rings (SSSR count). The zero-order chi connectivity index (χ0) is 18.7. The molecule has 1 heterocycles. The summed E-state index contributed by atoms with van der Waals surface area (Å²) in [4.78, 5) is 24.4. The third kappa shape index (κ3) is 4.06. The second-order valence-corrected chi connectivity index (χ2v) is 6.45. The molecule has 5 nitrogen and oxygen atoms in total. The summed E-state index contributed by atoms with van der Waals surface area (Å²) in [6, 6.07) is 12.6. The van der Waals surface area contributed by atoms with E-state index in [-0.39, 0.29) is 6.42 Å². The summed E-state index contributed by atoms with van der Waals surface area (Å²) < 4.78 is 10.7. The van der Waals surface area contributed by atoms with Crippen LogP contribution < -0.4 is 5.32 Å². The number of amides is 1. The van der Waals surface area contributed by atoms with Gasteiger partial charge in [0.2, 0.25) is 0 Å². The lowest BCUT2D eigenvalue weighted by molar-refractivity contribution is -0.152. The Morgan fingerprint density at radius 2 is 2.00 bits per heavy atom. The summed E-state index contributed by atoms with van der Waals surface area (Å²) in [6.45, 7) is 3.48. The highest BCUT2D eigenvalue weighted by molar-refractivity contribution is 6.33. The molecule has 1 N–H and O–H groups in total. The van der Waals surface area contributed by atoms with Crippen molar-refractivity contribution in [3.63, 3.8) is 0 Å². The molecule has 1 amide bonds. The van der Waals surface area contributed by atoms with E-state index in [1.54, 1.807) is 30.5 Å². The van der Waals surface area contributed by atoms with Crippen molar-refractivity contribution in [2.45, 2.75) is 26.4 Å². The van der Waals surface area contributed by atoms with Crippen LogP contribution in [-0.4, -0.2) is 18.0 Å². The highest BCUT2D eigenvalue weighted by Crippen LogP contribution is 2.23. The number of nitrogens with one attached hydrogen (secondary N) is 1. The van der Waals surface area contributed by atoms with Crippen LogP contribution in [0.15, 0.2) is 53.1 Å². The van der Waals surface area contributed by atoms with Gasteiger partial charge in [-0.15, -0.1) is 0 Å². The van der Waals surface area contributed by atoms with Gasteiger partial charge in [-0.1, -0.05) is 35.9 Å². The van der Waals surface area contributed by atoms with Crippen LogP contribution in [-0.2, 0) is 20.7 Å². The van der Waals surface area contributed by atoms with Crippen molar-refractivity contribution in [3.8, 4) is 0 Å². The lowest BCUT2D eigenvalue weighted by atomic mass is 10.1. The van der Waals surface area contributed by atoms with E-state index in [9.17, 15) is 9.59 Å². The van der Waals surface area contributed by atoms with Crippen LogP contribution in [0.2, 0.25) is 5.02 Å². The molecule has 0 aliphatic rings. The van der Waals surface area contributed by atoms with E-state index in [2.05, 4.69) is 5.32 Å². The van der Waals surface area contributed by atoms with Crippen molar-refractivity contribution >= 4 is 40.1 Å². The Bertz CT molecular complexity index is 963. The Balaban J connectivity index is 1.61. The van der Waals surface area contributed by atoms with Gasteiger partial charge in [-0.2, -0.15) is 0 Å². The fourth-order valence-corrected chi connectivity index (χ4v) is 2.76. The Labute approximate surface area is 155 Å². The number of esters is 1. The van der Waals surface area contributed by atoms with Crippen molar-refractivity contribution in [2.24, 2.45) is 0 Å². The number of hydrogen-bond donors (Lipinski definition) is 1. The normalized spacial score (nSPS) is 12.0. The van der Waals surface area contributed by atoms with E-state index < -0.39 is 18.0 Å². The SMILES string of the molecule is Cc1ccc2c(CC(=O)O[C@@H](C)C(=O)Nc3ccccc3Cl)coc2c1. The van der Waals surface area contributed by atoms with E-state index in [0.29, 0.717) is 10.7 Å². The number of halogens is 1. The number of furan rings is 1. The fourth-order valence-electron chi connectivity index (χ4n) is 2.57. The van der Waals surface area contributed by atoms with Crippen molar-refractivity contribution in [3.05, 3.63) is 64.9 Å². The number of fused-ring (bicyclic) bond motifs is 1. The quantitative estimate of drug-likeness (QED) is 0.670. The van der Waals surface area contributed by atoms with Crippen molar-refractivity contribution < 1.29 is 18.7 Å². The second kappa shape index (κ2) is 7.62. The number of anilines is 1. The monoisotopic (exact) mass is 371 g/mol. The molecule has 0 unspecified atom stereocenters. The highest BCUT2D eigenvalue weighted by atomic mass is 35.5. The number of ether oxygens (including phenoxy) is 1. The first-order valence-electron chi connectivity index (χ1n) is 8.15. The minimum Gasteiger partial charge on any atom is -0.464 e. The van der Waals surface area contributed by atoms with Gasteiger partial charge in [0.05, 0.1) is 23.4 Å². The first-order valence-corrected chi connectivity index (χ1v) is 8.53. The molecule has 0 saturated carbocycles. The van der Waals surface area contributed by atoms with Gasteiger partial charge in [0.25, 0.3) is 5.91 Å². The zero-order valence-electron chi connectivity index (χ0n) is 14.4. The van der Waals surface area contributed by atoms with E-state index in [1.807, 2.05) is 25.1 Å². The number of hydrogen-bond acceptors (Lipinski definition) is 4. The molecule has 26 heavy (non-hydrogen) atoms. The number of para-hydroxylation sites is 1. The predicted octanol–water partition coefficient (Wildman–Crippen LogP) is 4.51. The predicted molar refractivity (Wildman–Crippen MR) is 100 cm³/mol. The summed E-state index contributed by atoms with van der Waals surface area (Å²) in [5.74, 6) is -0.950. The van der Waals surface area contributed by atoms with Gasteiger partial charge in [0, 0.05) is 10.9 Å². The molecule has 0 saturated heterocycles. The smallest absolute Gasteiger partial charge is 0.311 e. The van der Waals surface area contributed by atoms with Crippen molar-refractivity contribution in [1.29, 1.82) is 0 Å². The van der Waals surface area contributed by atoms with Crippen molar-refractivity contribution in [1.82, 2.24) is 0 Å². The lowest BCUT2D eigenvalue weighted by Gasteiger charge is -2.14. The van der Waals surface area contributed by atoms with Crippen molar-refractivity contribution in [2.75, 3.05) is 5.32 Å². The summed E-state index contributed by atoms with van der Waals surface area (Å²) >= 11 is 6.01. The summed E-state index contributed by atoms with van der Waals surface area (Å²) in [7, 11) is 0. The third-order valence-corrected chi connectivity index (χ3v) is 4.28. The van der Waals surface area contributed by atoms with Gasteiger partial charge in [0.15, 0.2) is 6.10 Å². The van der Waals surface area contributed by atoms with E-state index in [4.69, 9.17) is 20.8 Å². The molecule has 0 radical (unpaired) electrons. The van der Waals surface area contributed by atoms with Gasteiger partial charge >= 0.3 is 5.97 Å². The maximum absolute atomic E-state index is 12.2. The Kier molecular flexibility index (Phi) is 5.28. The molecule has 0 spiro atoms. The van der Waals surface area contributed by atoms with Crippen LogP contribution in [0.1, 0.15) is 18.1 Å². The third-order valence-electron chi connectivity index (χ3n) is 3.96. The highest BCUT2D eigenvalue weighted by Gasteiger charge is 2.20. The maximum Gasteiger partial charge on any atom is 0.311 e. The number of benzene rings is 2. The largest absolute Gasteiger partial charge is 0.464 e. The van der Waals surface area contributed by atoms with Gasteiger partial charge in [0.1, 0.15) is 5.58 Å². The molecule has 134 valence electrons. The van der Waals surface area contributed by atoms with Gasteiger partial charge in [-0.05, 0) is 37.6 Å². The Morgan fingerprint density at radius 1 is 1.23 bits per heavy atom. The molecule has 0 bridgehead atoms. The number of carbonyl (C=O) groups excluding carboxylic acids is 2. The second-order valence-electron chi connectivity index (χ2n) is 6.04. The number of aryl methyl sites for hydroxylation is 1. The number of rotatable bonds is 5. The molecule has 1 aromatic heterocycles. The standard InChI is InChI=1S/C20H18ClNO4/c1-12-7-8-15-14(11-25-18(15)9-12)10-19(23)26-13(2)20(24)22-17-6-4-3-5-16(17)21/h3-9,11,13H,10H2,1-2H3,(H,22,24)/t13-/m0/s1. The summed E-state index contributed by atoms with van der Waals surface area (Å²) in [6.07, 6.45) is 0.624. The molecule has 3 aromatic rings. The van der Waals surface area contributed by atoms with Gasteiger partial charge in [-0.3, -0.25) is 9.59 Å². The molecular formula is C20H18ClNO4. The van der Waals surface area contributed by atoms with Gasteiger partial charge in [-0.25, -0.2) is 0 Å². The van der Waals surface area contributed by atoms with Crippen LogP contribution in [0.5, 0.6) is 0 Å². The van der Waals surface area contributed by atoms with Crippen LogP contribution in [0.25, 0.3) is 11.0 Å². The van der Waals surface area contributed by atoms with Crippen LogP contribution in [0.3, 0.4) is 0 Å². The zero-order valence-corrected chi connectivity index (χ0v) is 15.2. The first kappa shape index (κ1) is 18.0. The fraction of sp³-hybridized carbons (Fsp3) is 0.200. The number of carbonyl (C=O) groups is 2. The first-order chi connectivity index (χ1) is 12.4. The maximum atomic E-state index is 12.2. The molecule has 0 fully saturated rings. The molecule has 1 atom stereocenters. The topological polar surface area (TPSA) is 68.5 Å². The average molecular weight is 372 g/mol. The lowest BCUT2D eigenvalue weighted by Crippen LogP contribution is -2.30. The van der Waals surface area contributed by atoms with Crippen LogP contribution in [0.4, 0.5) is 5.69 Å². The Hall–Kier alpha value is -2.79. The average Bonchev–Trinajstić information content (AvgIpc) is 2.98. The molecule has 2 aromatic carbocycles. The summed E-state index contributed by atoms with van der Waals surface area (Å²) in [5.41, 5.74) is 2.99. The van der Waals surface area contributed by atoms with E-state index >= 15 is 0 Å². The molecule has 0 aliphatic carbocycles. The molecule has 6 heteroatoms. The van der Waals surface area contributed by atoms with E-state index in [0.717, 1.165) is 22.1 Å². The molecule has 0 aliphatic heterocycles. The van der Waals surface area contributed by atoms with E-state index in [1.165, 1.54) is 6.92 Å². The van der Waals surface area contributed by atoms with Crippen LogP contribution >= 0.6 is 11.6 Å². The minimum absolute atomic E-state index is 0.0276.